The Balaban J connectivity index is -0.0000000563. The second-order valence-corrected chi connectivity index (χ2v) is 31.4. The van der Waals surface area contributed by atoms with E-state index in [1.54, 1.807) is 0 Å². The first-order valence-corrected chi connectivity index (χ1v) is 33.6. The minimum absolute atomic E-state index is 0. The molecule has 0 aromatic heterocycles. The zero-order chi connectivity index (χ0) is 36.6. The molecule has 0 atom stereocenters. The Bertz CT molecular complexity index is 558. The Hall–Kier alpha value is 3.13. The first-order chi connectivity index (χ1) is 21.0. The van der Waals surface area contributed by atoms with Gasteiger partial charge in [0.05, 0.1) is 8.07 Å². The molecular weight excluding hydrogens is 1000 g/mol. The second-order valence-electron chi connectivity index (χ2n) is 12.3. The van der Waals surface area contributed by atoms with Gasteiger partial charge in [-0.2, -0.15) is 0 Å². The van der Waals surface area contributed by atoms with Gasteiger partial charge < -0.3 is 36.8 Å². The van der Waals surface area contributed by atoms with Crippen LogP contribution in [-0.4, -0.2) is 97.9 Å². The summed E-state index contributed by atoms with van der Waals surface area (Å²) >= 11 is 13.5. The van der Waals surface area contributed by atoms with Gasteiger partial charge in [-0.1, -0.05) is 116 Å². The minimum atomic E-state index is -1.26. The molecule has 48 heavy (non-hydrogen) atoms. The third-order valence-electron chi connectivity index (χ3n) is 5.97. The summed E-state index contributed by atoms with van der Waals surface area (Å²) in [6, 6.07) is 3.99. The largest absolute Gasteiger partial charge is 2.00 e. The van der Waals surface area contributed by atoms with Crippen molar-refractivity contribution in [2.24, 2.45) is 0 Å². The summed E-state index contributed by atoms with van der Waals surface area (Å²) in [5.74, 6) is 0. The molecule has 0 spiro atoms. The topological polar surface area (TPSA) is 27.7 Å². The summed E-state index contributed by atoms with van der Waals surface area (Å²) in [7, 11) is -4.16. The molecule has 0 amide bonds. The number of hydrogen-bond donors (Lipinski definition) is 0. The van der Waals surface area contributed by atoms with E-state index < -0.39 is 33.7 Å². The van der Waals surface area contributed by atoms with Crippen LogP contribution in [0.25, 0.3) is 0 Å². The summed E-state index contributed by atoms with van der Waals surface area (Å²) < 4.78 is 16.6. The molecule has 0 N–H and O–H groups in total. The molecule has 0 aliphatic rings. The third kappa shape index (κ3) is 82.6. The molecule has 0 bridgehead atoms. The number of alkyl halides is 4. The zero-order valence-electron chi connectivity index (χ0n) is 32.8. The molecule has 0 aromatic rings. The van der Waals surface area contributed by atoms with Crippen molar-refractivity contribution in [2.75, 3.05) is 41.1 Å². The number of halogens is 5. The average molecular weight is 1090 g/mol. The molecular formula is C35H81Br5MgO3Si4. The van der Waals surface area contributed by atoms with E-state index in [4.69, 9.17) is 13.3 Å². The van der Waals surface area contributed by atoms with Gasteiger partial charge in [-0.05, 0) is 97.8 Å². The van der Waals surface area contributed by atoms with Crippen molar-refractivity contribution in [3.63, 3.8) is 0 Å². The van der Waals surface area contributed by atoms with Gasteiger partial charge in [0.2, 0.25) is 0 Å². The smallest absolute Gasteiger partial charge is 1.00 e. The van der Waals surface area contributed by atoms with Crippen molar-refractivity contribution >= 4 is 121 Å². The van der Waals surface area contributed by atoms with Crippen LogP contribution in [-0.2, 0) is 13.3 Å². The van der Waals surface area contributed by atoms with E-state index in [0.717, 1.165) is 47.6 Å². The summed E-state index contributed by atoms with van der Waals surface area (Å²) in [6.45, 7) is 41.5. The zero-order valence-corrected chi connectivity index (χ0v) is 46.3. The summed E-state index contributed by atoms with van der Waals surface area (Å²) in [5.41, 5.74) is 2.18. The molecule has 0 saturated carbocycles. The molecule has 0 fully saturated rings. The van der Waals surface area contributed by atoms with Crippen molar-refractivity contribution in [1.29, 1.82) is 0 Å². The van der Waals surface area contributed by atoms with Gasteiger partial charge in [-0.25, -0.2) is 0 Å². The van der Waals surface area contributed by atoms with Gasteiger partial charge in [0.15, 0.2) is 25.7 Å². The van der Waals surface area contributed by atoms with E-state index >= 15 is 0 Å². The molecule has 0 aliphatic carbocycles. The van der Waals surface area contributed by atoms with Gasteiger partial charge in [-0.3, -0.25) is 6.58 Å². The number of hydrogen-bond acceptors (Lipinski definition) is 3. The fourth-order valence-electron chi connectivity index (χ4n) is 3.40. The summed E-state index contributed by atoms with van der Waals surface area (Å²) in [4.78, 5) is 0. The number of rotatable bonds is 21. The predicted molar refractivity (Wildman–Crippen MR) is 251 cm³/mol. The normalized spacial score (nSPS) is 10.0. The standard InChI is InChI=1S/2C8H19BrOSi.C8H17BrSi.C4H7Br.C4H12OSi.C2H3.CH4.BrH.Mg/c2*1-4-10-11(2,3)8-6-5-7-9;1-4-10(2,3)8-6-5-7-9;1-2-3-4-5;1-4-5-6(2)3;1-2;;;/h2*4-8H2,1-3H3;4H,1,5-8H2,2-3H3;2H,1,3-4H2;6H,4H2,1-3H3;1H,2H2;1H4;1H;/q;;;;;-1;;;+2/p-1. The van der Waals surface area contributed by atoms with Gasteiger partial charge in [0.1, 0.15) is 0 Å². The summed E-state index contributed by atoms with van der Waals surface area (Å²) in [6.07, 6.45) is 10.8. The van der Waals surface area contributed by atoms with E-state index in [-0.39, 0.29) is 47.5 Å². The van der Waals surface area contributed by atoms with Crippen LogP contribution in [0.2, 0.25) is 70.5 Å². The maximum absolute atomic E-state index is 5.70. The molecule has 13 heteroatoms. The van der Waals surface area contributed by atoms with Gasteiger partial charge >= 0.3 is 23.1 Å². The Morgan fingerprint density at radius 3 is 1.12 bits per heavy atom. The molecule has 0 rings (SSSR count). The first kappa shape index (κ1) is 72.4. The van der Waals surface area contributed by atoms with Gasteiger partial charge in [0.25, 0.3) is 0 Å². The van der Waals surface area contributed by atoms with E-state index in [9.17, 15) is 0 Å². The van der Waals surface area contributed by atoms with Crippen molar-refractivity contribution in [3.8, 4) is 0 Å². The van der Waals surface area contributed by atoms with Crippen molar-refractivity contribution < 1.29 is 30.3 Å². The monoisotopic (exact) mass is 1080 g/mol. The van der Waals surface area contributed by atoms with Crippen LogP contribution in [0.3, 0.4) is 0 Å². The van der Waals surface area contributed by atoms with E-state index in [1.807, 2.05) is 13.0 Å². The maximum Gasteiger partial charge on any atom is 2.00 e. The number of unbranched alkanes of at least 4 members (excludes halogenated alkanes) is 3. The molecule has 0 unspecified atom stereocenters. The second kappa shape index (κ2) is 56.9. The molecule has 0 radical (unpaired) electrons. The van der Waals surface area contributed by atoms with Crippen LogP contribution in [0.5, 0.6) is 0 Å². The van der Waals surface area contributed by atoms with Gasteiger partial charge in [0, 0.05) is 41.1 Å². The molecule has 0 aliphatic heterocycles. The maximum atomic E-state index is 5.70. The van der Waals surface area contributed by atoms with E-state index in [1.165, 1.54) is 56.7 Å². The van der Waals surface area contributed by atoms with Crippen LogP contribution in [0, 0.1) is 6.58 Å². The Morgan fingerprint density at radius 1 is 0.625 bits per heavy atom. The molecule has 0 saturated heterocycles. The summed E-state index contributed by atoms with van der Waals surface area (Å²) in [5, 5.41) is 4.44. The quantitative estimate of drug-likeness (QED) is 0.0377. The minimum Gasteiger partial charge on any atom is -1.00 e. The molecule has 0 aromatic carbocycles. The van der Waals surface area contributed by atoms with Gasteiger partial charge in [-0.15, -0.1) is 18.9 Å². The number of allylic oxidation sites excluding steroid dienone is 1. The Kier molecular flexibility index (Phi) is 85.8. The molecule has 0 heterocycles. The third-order valence-corrected chi connectivity index (χ3v) is 17.1. The van der Waals surface area contributed by atoms with Crippen LogP contribution >= 0.6 is 63.7 Å². The first-order valence-electron chi connectivity index (χ1n) is 16.8. The van der Waals surface area contributed by atoms with E-state index in [0.29, 0.717) is 0 Å². The van der Waals surface area contributed by atoms with Crippen LogP contribution in [0.1, 0.15) is 73.1 Å². The van der Waals surface area contributed by atoms with Crippen LogP contribution in [0.4, 0.5) is 0 Å². The molecule has 292 valence electrons. The van der Waals surface area contributed by atoms with Crippen molar-refractivity contribution in [1.82, 2.24) is 0 Å². The molecule has 3 nitrogen and oxygen atoms in total. The predicted octanol–water partition coefficient (Wildman–Crippen LogP) is 11.2. The van der Waals surface area contributed by atoms with Crippen LogP contribution < -0.4 is 17.0 Å². The van der Waals surface area contributed by atoms with Crippen LogP contribution in [0.15, 0.2) is 31.5 Å². The van der Waals surface area contributed by atoms with E-state index in [2.05, 4.69) is 162 Å². The Morgan fingerprint density at radius 2 is 0.958 bits per heavy atom. The fourth-order valence-corrected chi connectivity index (χ4v) is 11.0. The van der Waals surface area contributed by atoms with Crippen molar-refractivity contribution in [3.05, 3.63) is 38.1 Å². The van der Waals surface area contributed by atoms with Crippen molar-refractivity contribution in [2.45, 2.75) is 144 Å². The SMILES string of the molecule is C.C=CCCBr.C=C[Si](C)(C)CCCCBr.CCO[SiH](C)C.CCO[Si](C)(C)CCCCBr.CCO[Si](C)(C)CCCCBr.[Br-].[CH-]=C.[Mg+2]. The Labute approximate surface area is 369 Å². The average Bonchev–Trinajstić information content (AvgIpc) is 2.96. The fraction of sp³-hybridized carbons (Fsp3) is 0.829.